The van der Waals surface area contributed by atoms with Crippen molar-refractivity contribution >= 4 is 0 Å². The second kappa shape index (κ2) is 6.10. The molecule has 2 rings (SSSR count). The molecule has 0 fully saturated rings. The Morgan fingerprint density at radius 3 is 2.95 bits per heavy atom. The molecule has 19 heavy (non-hydrogen) atoms. The minimum absolute atomic E-state index is 0.195. The SMILES string of the molecule is CCCCOCCn1ccc2c1CC(C)(C)CC2N. The van der Waals surface area contributed by atoms with Gasteiger partial charge in [0, 0.05) is 31.1 Å². The van der Waals surface area contributed by atoms with Crippen molar-refractivity contribution < 1.29 is 4.74 Å². The predicted octanol–water partition coefficient (Wildman–Crippen LogP) is 3.28. The van der Waals surface area contributed by atoms with Crippen LogP contribution in [0.3, 0.4) is 0 Å². The summed E-state index contributed by atoms with van der Waals surface area (Å²) in [7, 11) is 0. The van der Waals surface area contributed by atoms with Crippen molar-refractivity contribution in [1.82, 2.24) is 4.57 Å². The predicted molar refractivity (Wildman–Crippen MR) is 79.2 cm³/mol. The van der Waals surface area contributed by atoms with E-state index in [0.29, 0.717) is 5.41 Å². The van der Waals surface area contributed by atoms with E-state index in [1.165, 1.54) is 17.7 Å². The summed E-state index contributed by atoms with van der Waals surface area (Å²) in [5.41, 5.74) is 9.36. The van der Waals surface area contributed by atoms with Crippen molar-refractivity contribution in [2.45, 2.75) is 59.0 Å². The number of fused-ring (bicyclic) bond motifs is 1. The maximum absolute atomic E-state index is 6.29. The van der Waals surface area contributed by atoms with Gasteiger partial charge in [-0.25, -0.2) is 0 Å². The Kier molecular flexibility index (Phi) is 4.69. The lowest BCUT2D eigenvalue weighted by atomic mass is 9.74. The molecular formula is C16H28N2O. The van der Waals surface area contributed by atoms with E-state index in [0.717, 1.165) is 39.0 Å². The van der Waals surface area contributed by atoms with Crippen molar-refractivity contribution in [3.8, 4) is 0 Å². The van der Waals surface area contributed by atoms with Gasteiger partial charge in [-0.3, -0.25) is 0 Å². The van der Waals surface area contributed by atoms with Gasteiger partial charge in [-0.1, -0.05) is 27.2 Å². The third-order valence-electron chi connectivity index (χ3n) is 4.05. The highest BCUT2D eigenvalue weighted by molar-refractivity contribution is 5.30. The average molecular weight is 264 g/mol. The standard InChI is InChI=1S/C16H28N2O/c1-4-5-9-19-10-8-18-7-6-13-14(17)11-16(2,3)12-15(13)18/h6-7,14H,4-5,8-12,17H2,1-3H3. The minimum Gasteiger partial charge on any atom is -0.380 e. The Morgan fingerprint density at radius 1 is 1.42 bits per heavy atom. The van der Waals surface area contributed by atoms with Crippen molar-refractivity contribution in [2.75, 3.05) is 13.2 Å². The highest BCUT2D eigenvalue weighted by Crippen LogP contribution is 2.39. The first-order valence-electron chi connectivity index (χ1n) is 7.55. The molecule has 0 amide bonds. The zero-order valence-electron chi connectivity index (χ0n) is 12.6. The molecule has 3 nitrogen and oxygen atoms in total. The van der Waals surface area contributed by atoms with E-state index in [4.69, 9.17) is 10.5 Å². The maximum atomic E-state index is 6.29. The number of nitrogens with zero attached hydrogens (tertiary/aromatic N) is 1. The summed E-state index contributed by atoms with van der Waals surface area (Å²) < 4.78 is 8.00. The Labute approximate surface area is 117 Å². The smallest absolute Gasteiger partial charge is 0.0645 e. The molecule has 2 N–H and O–H groups in total. The molecule has 1 heterocycles. The fraction of sp³-hybridized carbons (Fsp3) is 0.750. The molecule has 1 aliphatic rings. The van der Waals surface area contributed by atoms with Crippen molar-refractivity contribution in [3.63, 3.8) is 0 Å². The summed E-state index contributed by atoms with van der Waals surface area (Å²) in [4.78, 5) is 0. The first-order chi connectivity index (χ1) is 9.03. The van der Waals surface area contributed by atoms with E-state index in [1.807, 2.05) is 0 Å². The molecule has 0 aromatic carbocycles. The van der Waals surface area contributed by atoms with Crippen LogP contribution in [0.5, 0.6) is 0 Å². The molecule has 0 aliphatic heterocycles. The van der Waals surface area contributed by atoms with Gasteiger partial charge in [0.25, 0.3) is 0 Å². The highest BCUT2D eigenvalue weighted by atomic mass is 16.5. The molecule has 1 aromatic rings. The molecule has 0 bridgehead atoms. The Balaban J connectivity index is 1.96. The number of hydrogen-bond donors (Lipinski definition) is 1. The van der Waals surface area contributed by atoms with Crippen LogP contribution < -0.4 is 5.73 Å². The fourth-order valence-electron chi connectivity index (χ4n) is 3.02. The molecule has 0 saturated heterocycles. The lowest BCUT2D eigenvalue weighted by Gasteiger charge is -2.34. The Bertz CT molecular complexity index is 409. The van der Waals surface area contributed by atoms with E-state index < -0.39 is 0 Å². The summed E-state index contributed by atoms with van der Waals surface area (Å²) in [5.74, 6) is 0. The summed E-state index contributed by atoms with van der Waals surface area (Å²) in [6.45, 7) is 9.44. The van der Waals surface area contributed by atoms with Gasteiger partial charge in [0.05, 0.1) is 6.61 Å². The lowest BCUT2D eigenvalue weighted by molar-refractivity contribution is 0.122. The summed E-state index contributed by atoms with van der Waals surface area (Å²) in [6.07, 6.45) is 6.73. The van der Waals surface area contributed by atoms with E-state index in [2.05, 4.69) is 37.6 Å². The molecular weight excluding hydrogens is 236 g/mol. The number of unbranched alkanes of at least 4 members (excludes halogenated alkanes) is 1. The average Bonchev–Trinajstić information content (AvgIpc) is 2.71. The van der Waals surface area contributed by atoms with Crippen LogP contribution in [0.1, 0.15) is 57.3 Å². The van der Waals surface area contributed by atoms with E-state index in [9.17, 15) is 0 Å². The maximum Gasteiger partial charge on any atom is 0.0645 e. The molecule has 0 spiro atoms. The summed E-state index contributed by atoms with van der Waals surface area (Å²) in [6, 6.07) is 2.39. The molecule has 1 aliphatic carbocycles. The number of ether oxygens (including phenoxy) is 1. The van der Waals surface area contributed by atoms with Crippen LogP contribution >= 0.6 is 0 Å². The quantitative estimate of drug-likeness (QED) is 0.801. The molecule has 1 aromatic heterocycles. The zero-order chi connectivity index (χ0) is 13.9. The monoisotopic (exact) mass is 264 g/mol. The molecule has 1 unspecified atom stereocenters. The zero-order valence-corrected chi connectivity index (χ0v) is 12.6. The number of hydrogen-bond acceptors (Lipinski definition) is 2. The van der Waals surface area contributed by atoms with Gasteiger partial charge in [-0.05, 0) is 36.3 Å². The van der Waals surface area contributed by atoms with Gasteiger partial charge in [-0.15, -0.1) is 0 Å². The highest BCUT2D eigenvalue weighted by Gasteiger charge is 2.32. The largest absolute Gasteiger partial charge is 0.380 e. The molecule has 1 atom stereocenters. The Morgan fingerprint density at radius 2 is 2.21 bits per heavy atom. The fourth-order valence-corrected chi connectivity index (χ4v) is 3.02. The third-order valence-corrected chi connectivity index (χ3v) is 4.05. The van der Waals surface area contributed by atoms with Crippen LogP contribution in [-0.2, 0) is 17.7 Å². The topological polar surface area (TPSA) is 40.2 Å². The molecule has 108 valence electrons. The van der Waals surface area contributed by atoms with Crippen LogP contribution in [0.2, 0.25) is 0 Å². The van der Waals surface area contributed by atoms with Gasteiger partial charge in [-0.2, -0.15) is 0 Å². The molecule has 3 heteroatoms. The summed E-state index contributed by atoms with van der Waals surface area (Å²) in [5, 5.41) is 0. The number of nitrogens with two attached hydrogens (primary N) is 1. The Hall–Kier alpha value is -0.800. The molecule has 0 saturated carbocycles. The second-order valence-electron chi connectivity index (χ2n) is 6.53. The van der Waals surface area contributed by atoms with Gasteiger partial charge in [0.2, 0.25) is 0 Å². The van der Waals surface area contributed by atoms with Crippen LogP contribution in [-0.4, -0.2) is 17.8 Å². The van der Waals surface area contributed by atoms with E-state index in [1.54, 1.807) is 0 Å². The summed E-state index contributed by atoms with van der Waals surface area (Å²) >= 11 is 0. The second-order valence-corrected chi connectivity index (χ2v) is 6.53. The van der Waals surface area contributed by atoms with E-state index in [-0.39, 0.29) is 6.04 Å². The van der Waals surface area contributed by atoms with Crippen molar-refractivity contribution in [1.29, 1.82) is 0 Å². The number of rotatable bonds is 6. The number of aromatic nitrogens is 1. The lowest BCUT2D eigenvalue weighted by Crippen LogP contribution is -2.30. The van der Waals surface area contributed by atoms with Crippen molar-refractivity contribution in [3.05, 3.63) is 23.5 Å². The first-order valence-corrected chi connectivity index (χ1v) is 7.55. The van der Waals surface area contributed by atoms with Crippen LogP contribution in [0, 0.1) is 5.41 Å². The van der Waals surface area contributed by atoms with Crippen LogP contribution in [0.4, 0.5) is 0 Å². The minimum atomic E-state index is 0.195. The molecule has 0 radical (unpaired) electrons. The van der Waals surface area contributed by atoms with Gasteiger partial charge in [0.1, 0.15) is 0 Å². The van der Waals surface area contributed by atoms with Crippen molar-refractivity contribution in [2.24, 2.45) is 11.1 Å². The van der Waals surface area contributed by atoms with Gasteiger partial charge in [0.15, 0.2) is 0 Å². The van der Waals surface area contributed by atoms with Gasteiger partial charge < -0.3 is 15.0 Å². The normalized spacial score (nSPS) is 21.4. The van der Waals surface area contributed by atoms with E-state index >= 15 is 0 Å². The third kappa shape index (κ3) is 3.61. The first kappa shape index (κ1) is 14.6. The van der Waals surface area contributed by atoms with Crippen LogP contribution in [0.25, 0.3) is 0 Å². The van der Waals surface area contributed by atoms with Crippen LogP contribution in [0.15, 0.2) is 12.3 Å². The van der Waals surface area contributed by atoms with Gasteiger partial charge >= 0.3 is 0 Å².